The Kier molecular flexibility index (Phi) is 5.89. The summed E-state index contributed by atoms with van der Waals surface area (Å²) in [5.74, 6) is 0.803. The molecule has 1 fully saturated rings. The summed E-state index contributed by atoms with van der Waals surface area (Å²) < 4.78 is 25.9. The second-order valence-corrected chi connectivity index (χ2v) is 8.32. The van der Waals surface area contributed by atoms with Crippen LogP contribution in [0.15, 0.2) is 36.7 Å². The Bertz CT molecular complexity index is 1040. The quantitative estimate of drug-likeness (QED) is 0.567. The molecule has 0 N–H and O–H groups in total. The molecule has 4 heterocycles. The Balaban J connectivity index is 1.64. The first-order valence-corrected chi connectivity index (χ1v) is 11.1. The summed E-state index contributed by atoms with van der Waals surface area (Å²) in [6, 6.07) is 8.26. The first-order valence-electron chi connectivity index (χ1n) is 11.1. The fraction of sp³-hybridized carbons (Fsp3) is 0.500. The Hall–Kier alpha value is -2.48. The summed E-state index contributed by atoms with van der Waals surface area (Å²) in [6.07, 6.45) is 6.73. The van der Waals surface area contributed by atoms with E-state index in [0.717, 1.165) is 59.3 Å². The Labute approximate surface area is 182 Å². The third-order valence-corrected chi connectivity index (χ3v) is 5.89. The molecule has 7 heteroatoms. The van der Waals surface area contributed by atoms with Crippen molar-refractivity contribution >= 4 is 10.9 Å². The summed E-state index contributed by atoms with van der Waals surface area (Å²) in [5, 5.41) is 6.04. The van der Waals surface area contributed by atoms with Crippen molar-refractivity contribution in [3.63, 3.8) is 0 Å². The topological polar surface area (TPSA) is 67.6 Å². The highest BCUT2D eigenvalue weighted by Gasteiger charge is 2.23. The first-order chi connectivity index (χ1) is 15.2. The molecule has 1 unspecified atom stereocenters. The second-order valence-electron chi connectivity index (χ2n) is 8.32. The molecule has 7 nitrogen and oxygen atoms in total. The summed E-state index contributed by atoms with van der Waals surface area (Å²) in [6.45, 7) is 6.37. The van der Waals surface area contributed by atoms with Gasteiger partial charge in [-0.3, -0.25) is 4.98 Å². The lowest BCUT2D eigenvalue weighted by molar-refractivity contribution is -0.0365. The van der Waals surface area contributed by atoms with Crippen molar-refractivity contribution < 1.29 is 18.9 Å². The van der Waals surface area contributed by atoms with E-state index in [9.17, 15) is 0 Å². The third kappa shape index (κ3) is 4.31. The number of ether oxygens (including phenoxy) is 4. The molecule has 5 rings (SSSR count). The van der Waals surface area contributed by atoms with Crippen LogP contribution in [0.5, 0.6) is 5.75 Å². The SMILES string of the molecule is C[C@@H]1COCCO[C@@H](C)c2cncc(c2)-c2nn(C3CCCCO3)c3ccc(cc23)O1. The largest absolute Gasteiger partial charge is 0.488 e. The van der Waals surface area contributed by atoms with Crippen molar-refractivity contribution in [2.45, 2.75) is 51.5 Å². The summed E-state index contributed by atoms with van der Waals surface area (Å²) >= 11 is 0. The molecule has 2 aromatic heterocycles. The van der Waals surface area contributed by atoms with Crippen molar-refractivity contribution in [3.05, 3.63) is 42.2 Å². The van der Waals surface area contributed by atoms with Crippen LogP contribution < -0.4 is 4.74 Å². The normalized spacial score (nSPS) is 25.0. The predicted octanol–water partition coefficient (Wildman–Crippen LogP) is 4.67. The molecule has 0 spiro atoms. The molecule has 164 valence electrons. The van der Waals surface area contributed by atoms with Gasteiger partial charge in [0.2, 0.25) is 0 Å². The minimum Gasteiger partial charge on any atom is -0.488 e. The molecule has 3 atom stereocenters. The molecule has 0 saturated carbocycles. The molecule has 3 aromatic rings. The number of hydrogen-bond donors (Lipinski definition) is 0. The van der Waals surface area contributed by atoms with E-state index in [-0.39, 0.29) is 18.4 Å². The van der Waals surface area contributed by atoms with Crippen LogP contribution in [0.4, 0.5) is 0 Å². The van der Waals surface area contributed by atoms with Crippen LogP contribution in [0.1, 0.15) is 51.0 Å². The van der Waals surface area contributed by atoms with Crippen molar-refractivity contribution in [1.82, 2.24) is 14.8 Å². The van der Waals surface area contributed by atoms with Gasteiger partial charge in [-0.15, -0.1) is 0 Å². The molecule has 0 aliphatic carbocycles. The van der Waals surface area contributed by atoms with Crippen molar-refractivity contribution in [2.75, 3.05) is 26.4 Å². The van der Waals surface area contributed by atoms with Gasteiger partial charge in [0.25, 0.3) is 0 Å². The van der Waals surface area contributed by atoms with Crippen LogP contribution in [0.25, 0.3) is 22.2 Å². The Morgan fingerprint density at radius 1 is 1.00 bits per heavy atom. The molecule has 1 saturated heterocycles. The minimum atomic E-state index is -0.0829. The van der Waals surface area contributed by atoms with Gasteiger partial charge in [-0.05, 0) is 62.9 Å². The van der Waals surface area contributed by atoms with Gasteiger partial charge in [-0.2, -0.15) is 5.10 Å². The van der Waals surface area contributed by atoms with Crippen LogP contribution in [0.3, 0.4) is 0 Å². The average molecular weight is 424 g/mol. The highest BCUT2D eigenvalue weighted by molar-refractivity contribution is 5.94. The van der Waals surface area contributed by atoms with Crippen molar-refractivity contribution in [2.24, 2.45) is 0 Å². The van der Waals surface area contributed by atoms with Crippen LogP contribution >= 0.6 is 0 Å². The van der Waals surface area contributed by atoms with E-state index in [0.29, 0.717) is 19.8 Å². The maximum absolute atomic E-state index is 6.13. The van der Waals surface area contributed by atoms with Crippen LogP contribution in [-0.2, 0) is 14.2 Å². The van der Waals surface area contributed by atoms with E-state index in [4.69, 9.17) is 24.0 Å². The monoisotopic (exact) mass is 423 g/mol. The van der Waals surface area contributed by atoms with E-state index in [1.165, 1.54) is 0 Å². The maximum atomic E-state index is 6.13. The summed E-state index contributed by atoms with van der Waals surface area (Å²) in [7, 11) is 0. The van der Waals surface area contributed by atoms with Gasteiger partial charge in [0.05, 0.1) is 31.4 Å². The van der Waals surface area contributed by atoms with Gasteiger partial charge in [-0.1, -0.05) is 0 Å². The third-order valence-electron chi connectivity index (χ3n) is 5.89. The van der Waals surface area contributed by atoms with Crippen LogP contribution in [0, 0.1) is 0 Å². The number of aromatic nitrogens is 3. The van der Waals surface area contributed by atoms with E-state index in [1.807, 2.05) is 37.0 Å². The highest BCUT2D eigenvalue weighted by atomic mass is 16.6. The van der Waals surface area contributed by atoms with E-state index in [2.05, 4.69) is 23.2 Å². The van der Waals surface area contributed by atoms with Gasteiger partial charge < -0.3 is 18.9 Å². The molecule has 0 radical (unpaired) electrons. The number of hydrogen-bond acceptors (Lipinski definition) is 6. The standard InChI is InChI=1S/C24H29N3O4/c1-16-15-28-9-10-29-17(2)18-11-19(14-25-13-18)24-21-12-20(31-16)6-7-22(21)27(26-24)23-5-3-4-8-30-23/h6-7,11-14,16-17,23H,3-5,8-10,15H2,1-2H3/t16-,17+,23?/m1/s1. The number of nitrogens with zero attached hydrogens (tertiary/aromatic N) is 3. The number of fused-ring (bicyclic) bond motifs is 4. The van der Waals surface area contributed by atoms with Gasteiger partial charge >= 0.3 is 0 Å². The Morgan fingerprint density at radius 2 is 1.94 bits per heavy atom. The highest BCUT2D eigenvalue weighted by Crippen LogP contribution is 2.35. The average Bonchev–Trinajstić information content (AvgIpc) is 3.18. The molecule has 31 heavy (non-hydrogen) atoms. The predicted molar refractivity (Wildman–Crippen MR) is 117 cm³/mol. The van der Waals surface area contributed by atoms with Gasteiger partial charge in [0, 0.05) is 30.0 Å². The van der Waals surface area contributed by atoms with Crippen LogP contribution in [0.2, 0.25) is 0 Å². The van der Waals surface area contributed by atoms with E-state index in [1.54, 1.807) is 0 Å². The van der Waals surface area contributed by atoms with Gasteiger partial charge in [0.15, 0.2) is 6.23 Å². The molecule has 2 aliphatic heterocycles. The molecular weight excluding hydrogens is 394 g/mol. The number of benzene rings is 1. The smallest absolute Gasteiger partial charge is 0.150 e. The summed E-state index contributed by atoms with van der Waals surface area (Å²) in [5.41, 5.74) is 3.90. The van der Waals surface area contributed by atoms with Crippen molar-refractivity contribution in [1.29, 1.82) is 0 Å². The second kappa shape index (κ2) is 8.94. The Morgan fingerprint density at radius 3 is 2.81 bits per heavy atom. The molecule has 0 amide bonds. The lowest BCUT2D eigenvalue weighted by Crippen LogP contribution is -2.21. The molecule has 4 bridgehead atoms. The lowest BCUT2D eigenvalue weighted by atomic mass is 10.1. The number of rotatable bonds is 1. The lowest BCUT2D eigenvalue weighted by Gasteiger charge is -2.23. The van der Waals surface area contributed by atoms with E-state index < -0.39 is 0 Å². The van der Waals surface area contributed by atoms with Gasteiger partial charge in [0.1, 0.15) is 17.5 Å². The molecular formula is C24H29N3O4. The van der Waals surface area contributed by atoms with Crippen molar-refractivity contribution in [3.8, 4) is 17.0 Å². The number of pyridine rings is 1. The zero-order valence-electron chi connectivity index (χ0n) is 18.1. The van der Waals surface area contributed by atoms with Crippen LogP contribution in [-0.4, -0.2) is 47.3 Å². The maximum Gasteiger partial charge on any atom is 0.150 e. The van der Waals surface area contributed by atoms with Gasteiger partial charge in [-0.25, -0.2) is 4.68 Å². The molecule has 2 aliphatic rings. The fourth-order valence-electron chi connectivity index (χ4n) is 4.25. The first kappa shape index (κ1) is 20.4. The zero-order valence-corrected chi connectivity index (χ0v) is 18.1. The fourth-order valence-corrected chi connectivity index (χ4v) is 4.25. The summed E-state index contributed by atoms with van der Waals surface area (Å²) in [4.78, 5) is 4.48. The molecule has 1 aromatic carbocycles. The minimum absolute atomic E-state index is 0.0481. The zero-order chi connectivity index (χ0) is 21.2. The van der Waals surface area contributed by atoms with E-state index >= 15 is 0 Å².